The quantitative estimate of drug-likeness (QED) is 0.885. The van der Waals surface area contributed by atoms with E-state index in [1.54, 1.807) is 6.33 Å². The second kappa shape index (κ2) is 5.76. The summed E-state index contributed by atoms with van der Waals surface area (Å²) in [5, 5.41) is 3.43. The molecule has 1 aromatic rings. The highest BCUT2D eigenvalue weighted by atomic mass is 15.2. The largest absolute Gasteiger partial charge is 0.311 e. The zero-order valence-electron chi connectivity index (χ0n) is 11.7. The Balaban J connectivity index is 2.19. The Kier molecular flexibility index (Phi) is 4.30. The summed E-state index contributed by atoms with van der Waals surface area (Å²) in [7, 11) is 2.02. The van der Waals surface area contributed by atoms with Crippen molar-refractivity contribution in [3.8, 4) is 0 Å². The SMILES string of the molecule is CNC(c1cncnc1)C(C)(C)N1CCCCC1. The second-order valence-electron chi connectivity index (χ2n) is 5.59. The number of likely N-dealkylation sites (N-methyl/N-ethyl adjacent to an activating group) is 1. The van der Waals surface area contributed by atoms with Gasteiger partial charge >= 0.3 is 0 Å². The van der Waals surface area contributed by atoms with Crippen LogP contribution in [-0.2, 0) is 0 Å². The first-order chi connectivity index (χ1) is 8.66. The van der Waals surface area contributed by atoms with Gasteiger partial charge in [-0.3, -0.25) is 4.90 Å². The summed E-state index contributed by atoms with van der Waals surface area (Å²) in [6.07, 6.45) is 9.41. The molecule has 0 aromatic carbocycles. The summed E-state index contributed by atoms with van der Waals surface area (Å²) in [6.45, 7) is 7.01. The van der Waals surface area contributed by atoms with Crippen LogP contribution in [0.5, 0.6) is 0 Å². The van der Waals surface area contributed by atoms with E-state index in [-0.39, 0.29) is 11.6 Å². The van der Waals surface area contributed by atoms with E-state index in [4.69, 9.17) is 0 Å². The first-order valence-electron chi connectivity index (χ1n) is 6.83. The van der Waals surface area contributed by atoms with Crippen molar-refractivity contribution >= 4 is 0 Å². The van der Waals surface area contributed by atoms with Crippen molar-refractivity contribution in [1.29, 1.82) is 0 Å². The minimum Gasteiger partial charge on any atom is -0.311 e. The zero-order chi connectivity index (χ0) is 13.0. The van der Waals surface area contributed by atoms with E-state index in [2.05, 4.69) is 34.0 Å². The Hall–Kier alpha value is -1.00. The van der Waals surface area contributed by atoms with Crippen LogP contribution in [0.15, 0.2) is 18.7 Å². The van der Waals surface area contributed by atoms with Crippen LogP contribution in [0.2, 0.25) is 0 Å². The smallest absolute Gasteiger partial charge is 0.115 e. The van der Waals surface area contributed by atoms with Crippen molar-refractivity contribution in [2.45, 2.75) is 44.7 Å². The van der Waals surface area contributed by atoms with Crippen LogP contribution in [0.25, 0.3) is 0 Å². The lowest BCUT2D eigenvalue weighted by atomic mass is 9.86. The average Bonchev–Trinajstić information content (AvgIpc) is 2.41. The minimum atomic E-state index is 0.0832. The van der Waals surface area contributed by atoms with Crippen LogP contribution >= 0.6 is 0 Å². The molecule has 0 amide bonds. The number of nitrogens with zero attached hydrogens (tertiary/aromatic N) is 3. The molecule has 1 atom stereocenters. The van der Waals surface area contributed by atoms with E-state index < -0.39 is 0 Å². The number of nitrogens with one attached hydrogen (secondary N) is 1. The predicted molar refractivity (Wildman–Crippen MR) is 73.3 cm³/mol. The van der Waals surface area contributed by atoms with Crippen LogP contribution in [-0.4, -0.2) is 40.5 Å². The Morgan fingerprint density at radius 2 is 1.78 bits per heavy atom. The lowest BCUT2D eigenvalue weighted by molar-refractivity contribution is 0.0630. The third-order valence-corrected chi connectivity index (χ3v) is 4.08. The fourth-order valence-electron chi connectivity index (χ4n) is 3.04. The lowest BCUT2D eigenvalue weighted by Gasteiger charge is -2.45. The highest BCUT2D eigenvalue weighted by Gasteiger charge is 2.36. The van der Waals surface area contributed by atoms with Gasteiger partial charge in [-0.2, -0.15) is 0 Å². The van der Waals surface area contributed by atoms with Crippen LogP contribution in [0, 0.1) is 0 Å². The van der Waals surface area contributed by atoms with Crippen LogP contribution < -0.4 is 5.32 Å². The molecule has 0 bridgehead atoms. The molecule has 4 heteroatoms. The number of hydrogen-bond acceptors (Lipinski definition) is 4. The molecule has 1 aromatic heterocycles. The molecule has 2 rings (SSSR count). The van der Waals surface area contributed by atoms with Gasteiger partial charge < -0.3 is 5.32 Å². The molecule has 1 saturated heterocycles. The Labute approximate surface area is 110 Å². The Bertz CT molecular complexity index is 357. The molecule has 18 heavy (non-hydrogen) atoms. The number of rotatable bonds is 4. The van der Waals surface area contributed by atoms with Gasteiger partial charge in [-0.25, -0.2) is 9.97 Å². The van der Waals surface area contributed by atoms with Crippen LogP contribution in [0.1, 0.15) is 44.7 Å². The zero-order valence-corrected chi connectivity index (χ0v) is 11.7. The third-order valence-electron chi connectivity index (χ3n) is 4.08. The van der Waals surface area contributed by atoms with Gasteiger partial charge in [0.05, 0.1) is 6.04 Å². The maximum atomic E-state index is 4.14. The summed E-state index contributed by atoms with van der Waals surface area (Å²) in [6, 6.07) is 0.261. The number of hydrogen-bond donors (Lipinski definition) is 1. The molecule has 1 fully saturated rings. The summed E-state index contributed by atoms with van der Waals surface area (Å²) >= 11 is 0. The van der Waals surface area contributed by atoms with Crippen LogP contribution in [0.4, 0.5) is 0 Å². The van der Waals surface area contributed by atoms with Crippen molar-refractivity contribution in [3.63, 3.8) is 0 Å². The van der Waals surface area contributed by atoms with Gasteiger partial charge in [0.2, 0.25) is 0 Å². The molecular formula is C14H24N4. The van der Waals surface area contributed by atoms with Crippen molar-refractivity contribution in [3.05, 3.63) is 24.3 Å². The van der Waals surface area contributed by atoms with Crippen molar-refractivity contribution in [2.24, 2.45) is 0 Å². The highest BCUT2D eigenvalue weighted by molar-refractivity contribution is 5.15. The number of piperidine rings is 1. The van der Waals surface area contributed by atoms with E-state index in [0.29, 0.717) is 0 Å². The van der Waals surface area contributed by atoms with Gasteiger partial charge in [0.15, 0.2) is 0 Å². The average molecular weight is 248 g/mol. The van der Waals surface area contributed by atoms with E-state index >= 15 is 0 Å². The summed E-state index contributed by atoms with van der Waals surface area (Å²) in [5.41, 5.74) is 1.25. The first-order valence-corrected chi connectivity index (χ1v) is 6.83. The number of likely N-dealkylation sites (tertiary alicyclic amines) is 1. The molecule has 1 aliphatic rings. The van der Waals surface area contributed by atoms with E-state index in [9.17, 15) is 0 Å². The maximum absolute atomic E-state index is 4.14. The molecule has 0 spiro atoms. The molecule has 1 N–H and O–H groups in total. The predicted octanol–water partition coefficient (Wildman–Crippen LogP) is 2.00. The first kappa shape index (κ1) is 13.4. The van der Waals surface area contributed by atoms with E-state index in [1.165, 1.54) is 32.4 Å². The molecule has 0 saturated carbocycles. The van der Waals surface area contributed by atoms with Gasteiger partial charge in [-0.05, 0) is 46.8 Å². The minimum absolute atomic E-state index is 0.0832. The number of aromatic nitrogens is 2. The fourth-order valence-corrected chi connectivity index (χ4v) is 3.04. The molecule has 4 nitrogen and oxygen atoms in total. The van der Waals surface area contributed by atoms with Crippen LogP contribution in [0.3, 0.4) is 0 Å². The van der Waals surface area contributed by atoms with Gasteiger partial charge in [0, 0.05) is 23.5 Å². The molecule has 1 aliphatic heterocycles. The molecule has 100 valence electrons. The van der Waals surface area contributed by atoms with Crippen molar-refractivity contribution < 1.29 is 0 Å². The molecule has 0 radical (unpaired) electrons. The molecule has 1 unspecified atom stereocenters. The third kappa shape index (κ3) is 2.70. The highest BCUT2D eigenvalue weighted by Crippen LogP contribution is 2.32. The second-order valence-corrected chi connectivity index (χ2v) is 5.59. The van der Waals surface area contributed by atoms with E-state index in [1.807, 2.05) is 19.4 Å². The summed E-state index contributed by atoms with van der Waals surface area (Å²) in [5.74, 6) is 0. The van der Waals surface area contributed by atoms with Gasteiger partial charge in [-0.15, -0.1) is 0 Å². The lowest BCUT2D eigenvalue weighted by Crippen LogP contribution is -2.53. The molecule has 2 heterocycles. The maximum Gasteiger partial charge on any atom is 0.115 e. The molecular weight excluding hydrogens is 224 g/mol. The van der Waals surface area contributed by atoms with Gasteiger partial charge in [0.1, 0.15) is 6.33 Å². The monoisotopic (exact) mass is 248 g/mol. The molecule has 0 aliphatic carbocycles. The normalized spacial score (nSPS) is 19.7. The summed E-state index contributed by atoms with van der Waals surface area (Å²) in [4.78, 5) is 10.9. The summed E-state index contributed by atoms with van der Waals surface area (Å²) < 4.78 is 0. The van der Waals surface area contributed by atoms with Gasteiger partial charge in [0.25, 0.3) is 0 Å². The fraction of sp³-hybridized carbons (Fsp3) is 0.714. The topological polar surface area (TPSA) is 41.1 Å². The van der Waals surface area contributed by atoms with E-state index in [0.717, 1.165) is 5.56 Å². The Morgan fingerprint density at radius 3 is 2.33 bits per heavy atom. The van der Waals surface area contributed by atoms with Gasteiger partial charge in [-0.1, -0.05) is 6.42 Å². The van der Waals surface area contributed by atoms with Crippen molar-refractivity contribution in [1.82, 2.24) is 20.2 Å². The van der Waals surface area contributed by atoms with Crippen molar-refractivity contribution in [2.75, 3.05) is 20.1 Å². The standard InChI is InChI=1S/C14H24N4/c1-14(2,18-7-5-4-6-8-18)13(15-3)12-9-16-11-17-10-12/h9-11,13,15H,4-8H2,1-3H3. The Morgan fingerprint density at radius 1 is 1.17 bits per heavy atom.